The van der Waals surface area contributed by atoms with E-state index in [1.54, 1.807) is 7.11 Å². The van der Waals surface area contributed by atoms with E-state index in [0.29, 0.717) is 0 Å². The molecule has 0 fully saturated rings. The maximum Gasteiger partial charge on any atom is 0.133 e. The minimum absolute atomic E-state index is 0. The van der Waals surface area contributed by atoms with Crippen LogP contribution in [-0.2, 0) is 0 Å². The fourth-order valence-corrected chi connectivity index (χ4v) is 2.06. The predicted molar refractivity (Wildman–Crippen MR) is 75.7 cm³/mol. The number of hydrogen-bond acceptors (Lipinski definition) is 3. The molecule has 0 aliphatic rings. The molecular formula is C12H19BrClNO2. The molecule has 0 radical (unpaired) electrons. The number of rotatable bonds is 4. The normalized spacial score (nSPS) is 14.1. The molecule has 1 rings (SSSR count). The first-order valence-electron chi connectivity index (χ1n) is 5.24. The third-order valence-corrected chi connectivity index (χ3v) is 3.23. The highest BCUT2D eigenvalue weighted by Gasteiger charge is 2.20. The van der Waals surface area contributed by atoms with Gasteiger partial charge < -0.3 is 15.6 Å². The highest BCUT2D eigenvalue weighted by atomic mass is 79.9. The molecule has 0 amide bonds. The van der Waals surface area contributed by atoms with Crippen LogP contribution in [0.25, 0.3) is 0 Å². The number of benzene rings is 1. The average Bonchev–Trinajstić information content (AvgIpc) is 2.26. The average molecular weight is 325 g/mol. The lowest BCUT2D eigenvalue weighted by molar-refractivity contribution is 0.0979. The van der Waals surface area contributed by atoms with Crippen LogP contribution in [0.1, 0.15) is 25.5 Å². The van der Waals surface area contributed by atoms with E-state index in [9.17, 15) is 5.11 Å². The third kappa shape index (κ3) is 4.14. The highest BCUT2D eigenvalue weighted by Crippen LogP contribution is 2.29. The van der Waals surface area contributed by atoms with Crippen molar-refractivity contribution >= 4 is 28.3 Å². The molecule has 0 aliphatic heterocycles. The molecule has 0 bridgehead atoms. The van der Waals surface area contributed by atoms with Gasteiger partial charge in [-0.15, -0.1) is 12.4 Å². The molecule has 0 spiro atoms. The summed E-state index contributed by atoms with van der Waals surface area (Å²) in [4.78, 5) is 0. The molecule has 2 atom stereocenters. The van der Waals surface area contributed by atoms with Gasteiger partial charge in [0.15, 0.2) is 0 Å². The molecule has 0 aromatic heterocycles. The van der Waals surface area contributed by atoms with Crippen molar-refractivity contribution in [3.05, 3.63) is 28.2 Å². The molecule has 3 N–H and O–H groups in total. The second-order valence-corrected chi connectivity index (χ2v) is 5.01. The number of ether oxygens (including phenoxy) is 1. The van der Waals surface area contributed by atoms with Crippen LogP contribution in [0.15, 0.2) is 22.7 Å². The Balaban J connectivity index is 0.00000256. The van der Waals surface area contributed by atoms with E-state index in [-0.39, 0.29) is 24.4 Å². The minimum atomic E-state index is -0.541. The topological polar surface area (TPSA) is 55.5 Å². The largest absolute Gasteiger partial charge is 0.496 e. The molecule has 0 aliphatic carbocycles. The monoisotopic (exact) mass is 323 g/mol. The standard InChI is InChI=1S/C12H18BrNO2.ClH/c1-7(2)12(15)11(14)8-4-5-10(16-3)9(13)6-8;/h4-7,11-12,15H,14H2,1-3H3;1H/t11-,12+;/m1./s1. The van der Waals surface area contributed by atoms with Crippen molar-refractivity contribution in [1.29, 1.82) is 0 Å². The summed E-state index contributed by atoms with van der Waals surface area (Å²) in [6, 6.07) is 5.23. The van der Waals surface area contributed by atoms with Crippen molar-refractivity contribution < 1.29 is 9.84 Å². The summed E-state index contributed by atoms with van der Waals surface area (Å²) in [5.74, 6) is 0.894. The van der Waals surface area contributed by atoms with E-state index >= 15 is 0 Å². The maximum absolute atomic E-state index is 9.89. The maximum atomic E-state index is 9.89. The number of halogens is 2. The molecule has 0 heterocycles. The van der Waals surface area contributed by atoms with Crippen molar-refractivity contribution in [2.24, 2.45) is 11.7 Å². The van der Waals surface area contributed by atoms with Gasteiger partial charge in [0.1, 0.15) is 5.75 Å². The van der Waals surface area contributed by atoms with Gasteiger partial charge in [0.2, 0.25) is 0 Å². The zero-order valence-electron chi connectivity index (χ0n) is 10.2. The van der Waals surface area contributed by atoms with Gasteiger partial charge in [0, 0.05) is 0 Å². The number of nitrogens with two attached hydrogens (primary N) is 1. The van der Waals surface area contributed by atoms with Crippen molar-refractivity contribution in [2.75, 3.05) is 7.11 Å². The lowest BCUT2D eigenvalue weighted by atomic mass is 9.94. The van der Waals surface area contributed by atoms with Crippen LogP contribution in [0.4, 0.5) is 0 Å². The van der Waals surface area contributed by atoms with Crippen LogP contribution in [-0.4, -0.2) is 18.3 Å². The molecule has 0 unspecified atom stereocenters. The van der Waals surface area contributed by atoms with Crippen LogP contribution >= 0.6 is 28.3 Å². The Kier molecular flexibility index (Phi) is 7.09. The summed E-state index contributed by atoms with van der Waals surface area (Å²) in [5, 5.41) is 9.89. The van der Waals surface area contributed by atoms with Crippen LogP contribution in [0.3, 0.4) is 0 Å². The SMILES string of the molecule is COc1ccc([C@@H](N)[C@@H](O)C(C)C)cc1Br.Cl. The van der Waals surface area contributed by atoms with E-state index in [0.717, 1.165) is 15.8 Å². The molecule has 17 heavy (non-hydrogen) atoms. The van der Waals surface area contributed by atoms with Crippen LogP contribution < -0.4 is 10.5 Å². The lowest BCUT2D eigenvalue weighted by Gasteiger charge is -2.22. The van der Waals surface area contributed by atoms with E-state index in [4.69, 9.17) is 10.5 Å². The van der Waals surface area contributed by atoms with Crippen molar-refractivity contribution in [2.45, 2.75) is 26.0 Å². The Morgan fingerprint density at radius 2 is 1.94 bits per heavy atom. The Hall–Kier alpha value is -0.290. The molecule has 1 aromatic rings. The van der Waals surface area contributed by atoms with Gasteiger partial charge in [-0.25, -0.2) is 0 Å². The smallest absolute Gasteiger partial charge is 0.133 e. The van der Waals surface area contributed by atoms with E-state index < -0.39 is 6.10 Å². The summed E-state index contributed by atoms with van der Waals surface area (Å²) in [6.07, 6.45) is -0.541. The van der Waals surface area contributed by atoms with E-state index in [2.05, 4.69) is 15.9 Å². The van der Waals surface area contributed by atoms with E-state index in [1.807, 2.05) is 32.0 Å². The van der Waals surface area contributed by atoms with Crippen LogP contribution in [0.5, 0.6) is 5.75 Å². The number of hydrogen-bond donors (Lipinski definition) is 2. The fourth-order valence-electron chi connectivity index (χ4n) is 1.50. The summed E-state index contributed by atoms with van der Waals surface area (Å²) in [7, 11) is 1.61. The summed E-state index contributed by atoms with van der Waals surface area (Å²) < 4.78 is 5.98. The van der Waals surface area contributed by atoms with E-state index in [1.165, 1.54) is 0 Å². The first kappa shape index (κ1) is 16.7. The second kappa shape index (κ2) is 7.21. The van der Waals surface area contributed by atoms with Crippen molar-refractivity contribution in [3.8, 4) is 5.75 Å². The number of methoxy groups -OCH3 is 1. The fraction of sp³-hybridized carbons (Fsp3) is 0.500. The van der Waals surface area contributed by atoms with Gasteiger partial charge in [-0.05, 0) is 39.5 Å². The highest BCUT2D eigenvalue weighted by molar-refractivity contribution is 9.10. The molecular weight excluding hydrogens is 305 g/mol. The summed E-state index contributed by atoms with van der Waals surface area (Å²) >= 11 is 3.40. The quantitative estimate of drug-likeness (QED) is 0.895. The molecule has 3 nitrogen and oxygen atoms in total. The van der Waals surface area contributed by atoms with Crippen LogP contribution in [0.2, 0.25) is 0 Å². The predicted octanol–water partition coefficient (Wildman–Crippen LogP) is 2.90. The number of aliphatic hydroxyl groups excluding tert-OH is 1. The van der Waals surface area contributed by atoms with Gasteiger partial charge in [-0.3, -0.25) is 0 Å². The Morgan fingerprint density at radius 3 is 2.35 bits per heavy atom. The molecule has 5 heteroatoms. The Labute approximate surface area is 117 Å². The lowest BCUT2D eigenvalue weighted by Crippen LogP contribution is -2.30. The van der Waals surface area contributed by atoms with Crippen LogP contribution in [0, 0.1) is 5.92 Å². The Morgan fingerprint density at radius 1 is 1.35 bits per heavy atom. The van der Waals surface area contributed by atoms with Gasteiger partial charge >= 0.3 is 0 Å². The van der Waals surface area contributed by atoms with Crippen molar-refractivity contribution in [1.82, 2.24) is 0 Å². The van der Waals surface area contributed by atoms with Gasteiger partial charge in [0.05, 0.1) is 23.7 Å². The third-order valence-electron chi connectivity index (χ3n) is 2.61. The molecule has 98 valence electrons. The summed E-state index contributed by atoms with van der Waals surface area (Å²) in [5.41, 5.74) is 6.89. The van der Waals surface area contributed by atoms with Gasteiger partial charge in [0.25, 0.3) is 0 Å². The Bertz CT molecular complexity index is 360. The van der Waals surface area contributed by atoms with Gasteiger partial charge in [-0.2, -0.15) is 0 Å². The molecule has 1 aromatic carbocycles. The zero-order valence-corrected chi connectivity index (χ0v) is 12.6. The van der Waals surface area contributed by atoms with Crippen molar-refractivity contribution in [3.63, 3.8) is 0 Å². The summed E-state index contributed by atoms with van der Waals surface area (Å²) in [6.45, 7) is 3.90. The minimum Gasteiger partial charge on any atom is -0.496 e. The first-order chi connectivity index (χ1) is 7.47. The number of aliphatic hydroxyl groups is 1. The second-order valence-electron chi connectivity index (χ2n) is 4.15. The molecule has 0 saturated heterocycles. The first-order valence-corrected chi connectivity index (χ1v) is 6.03. The van der Waals surface area contributed by atoms with Gasteiger partial charge in [-0.1, -0.05) is 19.9 Å². The zero-order chi connectivity index (χ0) is 12.3. The molecule has 0 saturated carbocycles.